The molecular formula is C56H72Cl2HfSi. The molecule has 2 unspecified atom stereocenters. The first-order chi connectivity index (χ1) is 27.0. The van der Waals surface area contributed by atoms with E-state index in [-0.39, 0.29) is 46.5 Å². The van der Waals surface area contributed by atoms with Crippen LogP contribution in [0.25, 0.3) is 33.4 Å². The molecule has 60 heavy (non-hydrogen) atoms. The number of hydrogen-bond acceptors (Lipinski definition) is 0. The van der Waals surface area contributed by atoms with E-state index in [1.54, 1.807) is 33.4 Å². The molecule has 0 bridgehead atoms. The Morgan fingerprint density at radius 2 is 0.850 bits per heavy atom. The minimum absolute atomic E-state index is 0. The number of rotatable bonds is 6. The van der Waals surface area contributed by atoms with E-state index in [4.69, 9.17) is 0 Å². The van der Waals surface area contributed by atoms with Crippen LogP contribution in [0.1, 0.15) is 173 Å². The van der Waals surface area contributed by atoms with E-state index < -0.39 is 17.1 Å². The summed E-state index contributed by atoms with van der Waals surface area (Å²) in [6.07, 6.45) is 16.3. The largest absolute Gasteiger partial charge is 0.147 e. The van der Waals surface area contributed by atoms with E-state index in [2.05, 4.69) is 201 Å². The van der Waals surface area contributed by atoms with Crippen molar-refractivity contribution in [2.24, 2.45) is 0 Å². The summed E-state index contributed by atoms with van der Waals surface area (Å²) in [7, 11) is 0. The molecule has 4 aromatic carbocycles. The zero-order valence-electron chi connectivity index (χ0n) is 39.2. The molecule has 0 fully saturated rings. The molecule has 4 aromatic rings. The van der Waals surface area contributed by atoms with Gasteiger partial charge >= 0.3 is 357 Å². The standard InChI is InChI=1S/2C26H29.2C2H5.2ClH.Hf.H2Si/c2*1-25(2,3)19-11-12-20-18(15-19)16-22-21(20)13-14-23(26(4,5)6)24(22)17-9-7-8-10-17;2*1-2;;;;/h2*7-9,11-16H,10H2,1-6H3;2*1H2,2H3;2*1H;;1H2. The average Bonchev–Trinajstić information content (AvgIpc) is 3.97. The molecule has 2 atom stereocenters. The maximum absolute atomic E-state index is 4.58. The Balaban J connectivity index is 0.00000302. The summed E-state index contributed by atoms with van der Waals surface area (Å²) in [6.45, 7) is 37.0. The maximum atomic E-state index is 2.72. The fourth-order valence-electron chi connectivity index (χ4n) is 11.7. The Morgan fingerprint density at radius 1 is 0.500 bits per heavy atom. The van der Waals surface area contributed by atoms with E-state index in [1.807, 2.05) is 0 Å². The summed E-state index contributed by atoms with van der Waals surface area (Å²) in [5, 5.41) is 0. The molecule has 0 aromatic heterocycles. The van der Waals surface area contributed by atoms with Gasteiger partial charge in [-0.25, -0.2) is 0 Å². The Labute approximate surface area is 379 Å². The van der Waals surface area contributed by atoms with Crippen molar-refractivity contribution in [1.29, 1.82) is 0 Å². The minimum atomic E-state index is -4.58. The summed E-state index contributed by atoms with van der Waals surface area (Å²) in [6, 6.07) is 25.6. The Kier molecular flexibility index (Phi) is 12.3. The van der Waals surface area contributed by atoms with Gasteiger partial charge in [0.15, 0.2) is 0 Å². The van der Waals surface area contributed by atoms with Crippen molar-refractivity contribution in [3.05, 3.63) is 153 Å². The van der Waals surface area contributed by atoms with Crippen molar-refractivity contribution in [2.75, 3.05) is 0 Å². The third kappa shape index (κ3) is 7.18. The van der Waals surface area contributed by atoms with Crippen LogP contribution in [0.4, 0.5) is 0 Å². The van der Waals surface area contributed by atoms with Gasteiger partial charge in [-0.3, -0.25) is 0 Å². The van der Waals surface area contributed by atoms with E-state index >= 15 is 0 Å². The molecule has 0 saturated heterocycles. The zero-order valence-corrected chi connectivity index (χ0v) is 45.9. The quantitative estimate of drug-likeness (QED) is 0.169. The first-order valence-corrected chi connectivity index (χ1v) is 40.0. The minimum Gasteiger partial charge on any atom is -0.147 e. The van der Waals surface area contributed by atoms with Gasteiger partial charge in [0, 0.05) is 0 Å². The molecule has 4 aliphatic carbocycles. The van der Waals surface area contributed by atoms with E-state index in [9.17, 15) is 0 Å². The van der Waals surface area contributed by atoms with Gasteiger partial charge in [-0.05, 0) is 0 Å². The smallest absolute Gasteiger partial charge is 0.147 e. The summed E-state index contributed by atoms with van der Waals surface area (Å²) in [5.74, 6) is 0. The van der Waals surface area contributed by atoms with Crippen molar-refractivity contribution in [2.45, 2.75) is 147 Å². The first-order valence-electron chi connectivity index (χ1n) is 22.4. The van der Waals surface area contributed by atoms with Crippen LogP contribution in [0.3, 0.4) is 0 Å². The number of allylic oxidation sites excluding steroid dienone is 8. The second kappa shape index (κ2) is 15.6. The molecule has 0 radical (unpaired) electrons. The molecule has 0 saturated carbocycles. The molecule has 0 spiro atoms. The van der Waals surface area contributed by atoms with Gasteiger partial charge in [0.1, 0.15) is 0 Å². The van der Waals surface area contributed by atoms with Crippen LogP contribution in [0.2, 0.25) is 8.35 Å². The number of halogens is 2. The molecule has 318 valence electrons. The molecule has 0 N–H and O–H groups in total. The summed E-state index contributed by atoms with van der Waals surface area (Å²) >= 11 is -4.58. The normalized spacial score (nSPS) is 18.3. The fourth-order valence-corrected chi connectivity index (χ4v) is 43.0. The van der Waals surface area contributed by atoms with Crippen LogP contribution in [-0.4, -0.2) is 6.94 Å². The van der Waals surface area contributed by atoms with E-state index in [0.29, 0.717) is 7.35 Å². The molecule has 4 heteroatoms. The van der Waals surface area contributed by atoms with Gasteiger partial charge in [0.2, 0.25) is 0 Å². The summed E-state index contributed by atoms with van der Waals surface area (Å²) < 4.78 is 3.32. The van der Waals surface area contributed by atoms with Gasteiger partial charge in [0.25, 0.3) is 0 Å². The maximum Gasteiger partial charge on any atom is -0.147 e. The van der Waals surface area contributed by atoms with Crippen LogP contribution in [0.5, 0.6) is 0 Å². The Morgan fingerprint density at radius 3 is 1.13 bits per heavy atom. The molecular weight excluding hydrogens is 950 g/mol. The summed E-state index contributed by atoms with van der Waals surface area (Å²) in [4.78, 5) is 0. The number of hydrogen-bond donors (Lipinski definition) is 0. The topological polar surface area (TPSA) is 0 Å². The van der Waals surface area contributed by atoms with Crippen LogP contribution in [-0.2, 0) is 38.8 Å². The Bertz CT molecular complexity index is 2400. The zero-order chi connectivity index (χ0) is 42.0. The van der Waals surface area contributed by atoms with E-state index in [0.717, 1.165) is 12.8 Å². The van der Waals surface area contributed by atoms with Crippen molar-refractivity contribution in [1.82, 2.24) is 0 Å². The van der Waals surface area contributed by atoms with Gasteiger partial charge in [-0.15, -0.1) is 24.8 Å². The molecule has 0 amide bonds. The van der Waals surface area contributed by atoms with Crippen LogP contribution in [0.15, 0.2) is 97.1 Å². The van der Waals surface area contributed by atoms with Gasteiger partial charge in [-0.1, -0.05) is 0 Å². The third-order valence-corrected chi connectivity index (χ3v) is 58.7. The van der Waals surface area contributed by atoms with Gasteiger partial charge in [0.05, 0.1) is 0 Å². The van der Waals surface area contributed by atoms with Crippen LogP contribution >= 0.6 is 24.8 Å². The predicted octanol–water partition coefficient (Wildman–Crippen LogP) is 16.4. The van der Waals surface area contributed by atoms with Gasteiger partial charge < -0.3 is 0 Å². The van der Waals surface area contributed by atoms with Crippen molar-refractivity contribution < 1.29 is 17.1 Å². The first kappa shape index (κ1) is 47.0. The van der Waals surface area contributed by atoms with Crippen molar-refractivity contribution in [3.8, 4) is 22.3 Å². The fraction of sp³-hybridized carbons (Fsp3) is 0.429. The van der Waals surface area contributed by atoms with Gasteiger partial charge in [-0.2, -0.15) is 0 Å². The average molecular weight is 1020 g/mol. The monoisotopic (exact) mass is 1020 g/mol. The molecule has 0 aliphatic heterocycles. The SMILES string of the molecule is C[CH2][Hf](=[SiH2])([CH2]C)([CH]1c2cc(C(C)(C)C)ccc2-c2ccc(C(C)(C)C)c(C3=CC=CC3)c21)[CH]1c2cc(C(C)(C)C)ccc2-c2ccc(C(C)(C)C)c(C3=CC=CC3)c21.Cl.Cl. The molecule has 8 rings (SSSR count). The second-order valence-corrected chi connectivity index (χ2v) is 62.4. The van der Waals surface area contributed by atoms with Crippen LogP contribution in [0, 0.1) is 0 Å². The van der Waals surface area contributed by atoms with Crippen molar-refractivity contribution in [3.63, 3.8) is 0 Å². The summed E-state index contributed by atoms with van der Waals surface area (Å²) in [5.41, 5.74) is 24.8. The molecule has 4 aliphatic rings. The predicted molar refractivity (Wildman–Crippen MR) is 270 cm³/mol. The number of benzene rings is 4. The molecule has 0 heterocycles. The third-order valence-electron chi connectivity index (χ3n) is 15.3. The molecule has 0 nitrogen and oxygen atoms in total. The van der Waals surface area contributed by atoms with E-state index in [1.165, 1.54) is 64.0 Å². The second-order valence-electron chi connectivity index (χ2n) is 22.9. The Hall–Kier alpha value is -2.49. The van der Waals surface area contributed by atoms with Crippen LogP contribution < -0.4 is 0 Å². The number of fused-ring (bicyclic) bond motifs is 6. The van der Waals surface area contributed by atoms with Crippen molar-refractivity contribution >= 4 is 42.9 Å².